The number of rotatable bonds is 5. The van der Waals surface area contributed by atoms with Crippen molar-refractivity contribution in [3.05, 3.63) is 60.0 Å². The summed E-state index contributed by atoms with van der Waals surface area (Å²) in [5.74, 6) is 0.690. The van der Waals surface area contributed by atoms with Crippen LogP contribution in [0.3, 0.4) is 0 Å². The summed E-state index contributed by atoms with van der Waals surface area (Å²) in [5.41, 5.74) is 2.97. The fourth-order valence-corrected chi connectivity index (χ4v) is 2.45. The van der Waals surface area contributed by atoms with Crippen molar-refractivity contribution in [3.63, 3.8) is 0 Å². The van der Waals surface area contributed by atoms with E-state index in [1.807, 2.05) is 24.3 Å². The van der Waals surface area contributed by atoms with Crippen molar-refractivity contribution in [1.29, 1.82) is 0 Å². The highest BCUT2D eigenvalue weighted by Crippen LogP contribution is 2.20. The van der Waals surface area contributed by atoms with Gasteiger partial charge in [0.1, 0.15) is 0 Å². The van der Waals surface area contributed by atoms with Crippen LogP contribution < -0.4 is 10.6 Å². The molecule has 0 atom stereocenters. The van der Waals surface area contributed by atoms with E-state index in [0.29, 0.717) is 23.1 Å². The van der Waals surface area contributed by atoms with Crippen molar-refractivity contribution in [2.75, 3.05) is 10.6 Å². The Bertz CT molecular complexity index is 932. The molecule has 26 heavy (non-hydrogen) atoms. The van der Waals surface area contributed by atoms with E-state index >= 15 is 0 Å². The third kappa shape index (κ3) is 4.54. The lowest BCUT2D eigenvalue weighted by Gasteiger charge is -2.07. The topological polar surface area (TPSA) is 97.1 Å². The molecule has 7 heteroatoms. The normalized spacial score (nSPS) is 10.4. The number of carbonyl (C=O) groups is 2. The molecule has 3 aromatic rings. The van der Waals surface area contributed by atoms with Gasteiger partial charge < -0.3 is 15.2 Å². The van der Waals surface area contributed by atoms with Crippen LogP contribution in [-0.2, 0) is 16.0 Å². The lowest BCUT2D eigenvalue weighted by molar-refractivity contribution is -0.116. The number of anilines is 2. The average molecular weight is 350 g/mol. The largest absolute Gasteiger partial charge is 0.339 e. The zero-order valence-electron chi connectivity index (χ0n) is 14.4. The minimum absolute atomic E-state index is 0.132. The van der Waals surface area contributed by atoms with E-state index in [-0.39, 0.29) is 18.2 Å². The van der Waals surface area contributed by atoms with Gasteiger partial charge in [0.2, 0.25) is 23.5 Å². The molecule has 0 bridgehead atoms. The zero-order chi connectivity index (χ0) is 18.5. The van der Waals surface area contributed by atoms with Gasteiger partial charge in [-0.15, -0.1) is 0 Å². The van der Waals surface area contributed by atoms with Gasteiger partial charge in [0.15, 0.2) is 0 Å². The van der Waals surface area contributed by atoms with Crippen molar-refractivity contribution in [1.82, 2.24) is 10.1 Å². The molecule has 0 unspecified atom stereocenters. The zero-order valence-corrected chi connectivity index (χ0v) is 14.4. The summed E-state index contributed by atoms with van der Waals surface area (Å²) in [6.07, 6.45) is 0.228. The molecule has 0 radical (unpaired) electrons. The summed E-state index contributed by atoms with van der Waals surface area (Å²) in [7, 11) is 0. The monoisotopic (exact) mass is 350 g/mol. The molecule has 0 aliphatic heterocycles. The number of carbonyl (C=O) groups excluding carboxylic acids is 2. The highest BCUT2D eigenvalue weighted by atomic mass is 16.5. The molecule has 0 saturated heterocycles. The molecule has 2 N–H and O–H groups in total. The van der Waals surface area contributed by atoms with Crippen molar-refractivity contribution >= 4 is 23.2 Å². The van der Waals surface area contributed by atoms with Crippen LogP contribution >= 0.6 is 0 Å². The predicted octanol–water partition coefficient (Wildman–Crippen LogP) is 3.18. The fraction of sp³-hybridized carbons (Fsp3) is 0.158. The standard InChI is InChI=1S/C19H18N4O3/c1-12(24)20-16-8-6-14(7-9-16)10-18(25)22-17-5-3-4-15(11-17)19-21-13(2)26-23-19/h3-9,11H,10H2,1-2H3,(H,20,24)(H,22,25). The summed E-state index contributed by atoms with van der Waals surface area (Å²) in [5, 5.41) is 9.42. The quantitative estimate of drug-likeness (QED) is 0.736. The van der Waals surface area contributed by atoms with Gasteiger partial charge in [-0.25, -0.2) is 0 Å². The molecular formula is C19H18N4O3. The molecule has 7 nitrogen and oxygen atoms in total. The molecule has 0 aliphatic rings. The number of hydrogen-bond acceptors (Lipinski definition) is 5. The van der Waals surface area contributed by atoms with Crippen LogP contribution in [0.25, 0.3) is 11.4 Å². The first-order chi connectivity index (χ1) is 12.5. The van der Waals surface area contributed by atoms with Crippen molar-refractivity contribution < 1.29 is 14.1 Å². The minimum Gasteiger partial charge on any atom is -0.339 e. The third-order valence-electron chi connectivity index (χ3n) is 3.57. The van der Waals surface area contributed by atoms with Crippen molar-refractivity contribution in [3.8, 4) is 11.4 Å². The molecular weight excluding hydrogens is 332 g/mol. The Labute approximate surface area is 150 Å². The van der Waals surface area contributed by atoms with E-state index in [2.05, 4.69) is 20.8 Å². The van der Waals surface area contributed by atoms with Crippen LogP contribution in [-0.4, -0.2) is 22.0 Å². The van der Waals surface area contributed by atoms with E-state index in [4.69, 9.17) is 4.52 Å². The average Bonchev–Trinajstić information content (AvgIpc) is 3.03. The smallest absolute Gasteiger partial charge is 0.228 e. The van der Waals surface area contributed by atoms with Gasteiger partial charge in [-0.3, -0.25) is 9.59 Å². The van der Waals surface area contributed by atoms with Gasteiger partial charge >= 0.3 is 0 Å². The molecule has 0 fully saturated rings. The molecule has 3 rings (SSSR count). The lowest BCUT2D eigenvalue weighted by atomic mass is 10.1. The van der Waals surface area contributed by atoms with Crippen LogP contribution in [0.15, 0.2) is 53.1 Å². The summed E-state index contributed by atoms with van der Waals surface area (Å²) in [6.45, 7) is 3.17. The fourth-order valence-electron chi connectivity index (χ4n) is 2.45. The second kappa shape index (κ2) is 7.60. The van der Waals surface area contributed by atoms with Crippen molar-refractivity contribution in [2.45, 2.75) is 20.3 Å². The maximum absolute atomic E-state index is 12.3. The van der Waals surface area contributed by atoms with Gasteiger partial charge in [0, 0.05) is 30.8 Å². The number of aryl methyl sites for hydroxylation is 1. The minimum atomic E-state index is -0.140. The molecule has 1 aromatic heterocycles. The first kappa shape index (κ1) is 17.3. The van der Waals surface area contributed by atoms with E-state index in [9.17, 15) is 9.59 Å². The maximum Gasteiger partial charge on any atom is 0.228 e. The van der Waals surface area contributed by atoms with E-state index in [1.54, 1.807) is 31.2 Å². The van der Waals surface area contributed by atoms with Gasteiger partial charge in [-0.1, -0.05) is 29.4 Å². The Morgan fingerprint density at radius 1 is 1.04 bits per heavy atom. The van der Waals surface area contributed by atoms with Gasteiger partial charge in [-0.2, -0.15) is 4.98 Å². The van der Waals surface area contributed by atoms with Crippen molar-refractivity contribution in [2.24, 2.45) is 0 Å². The molecule has 0 spiro atoms. The molecule has 1 heterocycles. The Hall–Kier alpha value is -3.48. The molecule has 0 aliphatic carbocycles. The number of nitrogens with zero attached hydrogens (tertiary/aromatic N) is 2. The Morgan fingerprint density at radius 3 is 2.46 bits per heavy atom. The highest BCUT2D eigenvalue weighted by Gasteiger charge is 2.09. The number of nitrogens with one attached hydrogen (secondary N) is 2. The van der Waals surface area contributed by atoms with Gasteiger partial charge in [0.25, 0.3) is 0 Å². The van der Waals surface area contributed by atoms with Gasteiger partial charge in [0.05, 0.1) is 6.42 Å². The summed E-state index contributed by atoms with van der Waals surface area (Å²) >= 11 is 0. The Kier molecular flexibility index (Phi) is 5.07. The van der Waals surface area contributed by atoms with Crippen LogP contribution in [0.2, 0.25) is 0 Å². The Morgan fingerprint density at radius 2 is 1.81 bits per heavy atom. The van der Waals surface area contributed by atoms with Crippen LogP contribution in [0.5, 0.6) is 0 Å². The predicted molar refractivity (Wildman–Crippen MR) is 97.6 cm³/mol. The number of hydrogen-bond donors (Lipinski definition) is 2. The second-order valence-electron chi connectivity index (χ2n) is 5.82. The number of amides is 2. The lowest BCUT2D eigenvalue weighted by Crippen LogP contribution is -2.14. The number of aromatic nitrogens is 2. The van der Waals surface area contributed by atoms with Crippen LogP contribution in [0.1, 0.15) is 18.4 Å². The first-order valence-electron chi connectivity index (χ1n) is 8.07. The number of benzene rings is 2. The third-order valence-corrected chi connectivity index (χ3v) is 3.57. The second-order valence-corrected chi connectivity index (χ2v) is 5.82. The summed E-state index contributed by atoms with van der Waals surface area (Å²) < 4.78 is 4.98. The Balaban J connectivity index is 1.64. The van der Waals surface area contributed by atoms with Gasteiger partial charge in [-0.05, 0) is 29.8 Å². The van der Waals surface area contributed by atoms with E-state index in [1.165, 1.54) is 6.92 Å². The van der Waals surface area contributed by atoms with Crippen LogP contribution in [0.4, 0.5) is 11.4 Å². The SMILES string of the molecule is CC(=O)Nc1ccc(CC(=O)Nc2cccc(-c3noc(C)n3)c2)cc1. The molecule has 0 saturated carbocycles. The molecule has 2 aromatic carbocycles. The van der Waals surface area contributed by atoms with E-state index in [0.717, 1.165) is 11.1 Å². The summed E-state index contributed by atoms with van der Waals surface area (Å²) in [4.78, 5) is 27.5. The van der Waals surface area contributed by atoms with E-state index < -0.39 is 0 Å². The summed E-state index contributed by atoms with van der Waals surface area (Å²) in [6, 6.07) is 14.4. The van der Waals surface area contributed by atoms with Crippen LogP contribution in [0, 0.1) is 6.92 Å². The highest BCUT2D eigenvalue weighted by molar-refractivity contribution is 5.93. The maximum atomic E-state index is 12.3. The first-order valence-corrected chi connectivity index (χ1v) is 8.07. The molecule has 132 valence electrons. The molecule has 2 amide bonds.